The van der Waals surface area contributed by atoms with Gasteiger partial charge < -0.3 is 26.4 Å². The Morgan fingerprint density at radius 1 is 1.18 bits per heavy atom. The van der Waals surface area contributed by atoms with Crippen molar-refractivity contribution in [3.8, 4) is 0 Å². The first-order valence-electron chi connectivity index (χ1n) is 11.8. The van der Waals surface area contributed by atoms with Crippen molar-refractivity contribution >= 4 is 33.9 Å². The van der Waals surface area contributed by atoms with E-state index in [1.807, 2.05) is 24.3 Å². The molecule has 1 atom stereocenters. The molecule has 5 N–H and O–H groups in total. The van der Waals surface area contributed by atoms with Crippen LogP contribution in [0.15, 0.2) is 42.7 Å². The summed E-state index contributed by atoms with van der Waals surface area (Å²) in [5.74, 6) is -0.353. The van der Waals surface area contributed by atoms with Crippen LogP contribution in [0.25, 0.3) is 10.9 Å². The fourth-order valence-electron chi connectivity index (χ4n) is 4.70. The van der Waals surface area contributed by atoms with Crippen molar-refractivity contribution in [2.45, 2.75) is 25.4 Å². The lowest BCUT2D eigenvalue weighted by atomic mass is 10.1. The van der Waals surface area contributed by atoms with Crippen LogP contribution in [0.3, 0.4) is 0 Å². The SMILES string of the molecule is Nc1cc2ccc(CN3CCOCC3)cc2nc1C(=O)Nc1cnccc1N1CCCC(N)C1. The van der Waals surface area contributed by atoms with E-state index in [1.54, 1.807) is 12.4 Å². The monoisotopic (exact) mass is 461 g/mol. The van der Waals surface area contributed by atoms with Gasteiger partial charge in [-0.1, -0.05) is 12.1 Å². The van der Waals surface area contributed by atoms with Gasteiger partial charge in [-0.05, 0) is 36.6 Å². The Bertz CT molecular complexity index is 1180. The number of fused-ring (bicyclic) bond motifs is 1. The Kier molecular flexibility index (Phi) is 6.57. The summed E-state index contributed by atoms with van der Waals surface area (Å²) in [6, 6.07) is 9.96. The number of morpholine rings is 1. The molecule has 0 bridgehead atoms. The Hall–Kier alpha value is -3.27. The molecule has 0 saturated carbocycles. The second-order valence-corrected chi connectivity index (χ2v) is 9.04. The molecule has 2 saturated heterocycles. The highest BCUT2D eigenvalue weighted by Crippen LogP contribution is 2.28. The molecule has 34 heavy (non-hydrogen) atoms. The number of amides is 1. The van der Waals surface area contributed by atoms with Gasteiger partial charge in [-0.3, -0.25) is 14.7 Å². The predicted octanol–water partition coefficient (Wildman–Crippen LogP) is 2.22. The molecule has 4 heterocycles. The number of nitrogens with two attached hydrogens (primary N) is 2. The minimum atomic E-state index is -0.353. The molecule has 2 aliphatic heterocycles. The van der Waals surface area contributed by atoms with Crippen LogP contribution in [0.2, 0.25) is 0 Å². The number of nitrogens with zero attached hydrogens (tertiary/aromatic N) is 4. The van der Waals surface area contributed by atoms with Gasteiger partial charge in [0.15, 0.2) is 5.69 Å². The molecule has 1 unspecified atom stereocenters. The number of anilines is 3. The molecule has 1 aromatic carbocycles. The summed E-state index contributed by atoms with van der Waals surface area (Å²) in [7, 11) is 0. The maximum Gasteiger partial charge on any atom is 0.276 e. The summed E-state index contributed by atoms with van der Waals surface area (Å²) in [6.07, 6.45) is 5.41. The number of hydrogen-bond acceptors (Lipinski definition) is 8. The molecule has 0 aliphatic carbocycles. The minimum Gasteiger partial charge on any atom is -0.397 e. The number of nitrogen functional groups attached to an aromatic ring is 1. The smallest absolute Gasteiger partial charge is 0.276 e. The Morgan fingerprint density at radius 3 is 2.85 bits per heavy atom. The molecule has 5 rings (SSSR count). The first-order valence-corrected chi connectivity index (χ1v) is 11.8. The number of carbonyl (C=O) groups excluding carboxylic acids is 1. The molecular formula is C25H31N7O2. The Morgan fingerprint density at radius 2 is 2.03 bits per heavy atom. The summed E-state index contributed by atoms with van der Waals surface area (Å²) >= 11 is 0. The van der Waals surface area contributed by atoms with Gasteiger partial charge >= 0.3 is 0 Å². The number of pyridine rings is 2. The highest BCUT2D eigenvalue weighted by Gasteiger charge is 2.21. The highest BCUT2D eigenvalue weighted by atomic mass is 16.5. The van der Waals surface area contributed by atoms with Crippen LogP contribution in [0.1, 0.15) is 28.9 Å². The van der Waals surface area contributed by atoms with Crippen molar-refractivity contribution in [1.29, 1.82) is 0 Å². The van der Waals surface area contributed by atoms with E-state index < -0.39 is 0 Å². The molecule has 3 aromatic rings. The quantitative estimate of drug-likeness (QED) is 0.529. The fourth-order valence-corrected chi connectivity index (χ4v) is 4.70. The van der Waals surface area contributed by atoms with Gasteiger partial charge in [-0.2, -0.15) is 0 Å². The number of benzene rings is 1. The number of nitrogens with one attached hydrogen (secondary N) is 1. The number of ether oxygens (including phenoxy) is 1. The van der Waals surface area contributed by atoms with Crippen molar-refractivity contribution in [3.05, 3.63) is 54.0 Å². The molecule has 1 amide bonds. The van der Waals surface area contributed by atoms with Crippen molar-refractivity contribution in [2.75, 3.05) is 55.3 Å². The number of carbonyl (C=O) groups is 1. The fraction of sp³-hybridized carbons (Fsp3) is 0.400. The van der Waals surface area contributed by atoms with Crippen LogP contribution in [-0.4, -0.2) is 66.2 Å². The standard InChI is InChI=1S/C25H31N7O2/c26-19-2-1-7-32(16-19)23-5-6-28-14-22(23)30-25(33)24-20(27)13-18-4-3-17(12-21(18)29-24)15-31-8-10-34-11-9-31/h3-6,12-14,19H,1-2,7-11,15-16,26-27H2,(H,30,33). The topological polar surface area (TPSA) is 123 Å². The summed E-state index contributed by atoms with van der Waals surface area (Å²) in [6.45, 7) is 5.80. The van der Waals surface area contributed by atoms with E-state index in [4.69, 9.17) is 16.2 Å². The van der Waals surface area contributed by atoms with Gasteiger partial charge in [-0.25, -0.2) is 4.98 Å². The molecule has 9 heteroatoms. The van der Waals surface area contributed by atoms with Crippen LogP contribution in [0.4, 0.5) is 17.1 Å². The van der Waals surface area contributed by atoms with E-state index in [0.717, 1.165) is 80.9 Å². The predicted molar refractivity (Wildman–Crippen MR) is 134 cm³/mol. The maximum absolute atomic E-state index is 13.2. The van der Waals surface area contributed by atoms with Crippen LogP contribution < -0.4 is 21.7 Å². The third-order valence-electron chi connectivity index (χ3n) is 6.48. The van der Waals surface area contributed by atoms with E-state index in [-0.39, 0.29) is 17.6 Å². The normalized spacial score (nSPS) is 19.3. The molecule has 9 nitrogen and oxygen atoms in total. The van der Waals surface area contributed by atoms with Crippen molar-refractivity contribution in [1.82, 2.24) is 14.9 Å². The second kappa shape index (κ2) is 9.92. The third kappa shape index (κ3) is 4.96. The maximum atomic E-state index is 13.2. The summed E-state index contributed by atoms with van der Waals surface area (Å²) in [4.78, 5) is 26.6. The molecule has 2 aromatic heterocycles. The zero-order valence-electron chi connectivity index (χ0n) is 19.2. The Balaban J connectivity index is 1.38. The van der Waals surface area contributed by atoms with Crippen LogP contribution in [-0.2, 0) is 11.3 Å². The highest BCUT2D eigenvalue weighted by molar-refractivity contribution is 6.09. The van der Waals surface area contributed by atoms with Gasteiger partial charge in [-0.15, -0.1) is 0 Å². The van der Waals surface area contributed by atoms with Crippen molar-refractivity contribution in [2.24, 2.45) is 5.73 Å². The van der Waals surface area contributed by atoms with Gasteiger partial charge in [0.25, 0.3) is 5.91 Å². The summed E-state index contributed by atoms with van der Waals surface area (Å²) < 4.78 is 5.44. The lowest BCUT2D eigenvalue weighted by Gasteiger charge is -2.33. The molecule has 0 radical (unpaired) electrons. The van der Waals surface area contributed by atoms with E-state index in [9.17, 15) is 4.79 Å². The third-order valence-corrected chi connectivity index (χ3v) is 6.48. The van der Waals surface area contributed by atoms with Gasteiger partial charge in [0.1, 0.15) is 0 Å². The van der Waals surface area contributed by atoms with E-state index >= 15 is 0 Å². The minimum absolute atomic E-state index is 0.120. The second-order valence-electron chi connectivity index (χ2n) is 9.04. The largest absolute Gasteiger partial charge is 0.397 e. The van der Waals surface area contributed by atoms with Crippen molar-refractivity contribution in [3.63, 3.8) is 0 Å². The number of rotatable bonds is 5. The van der Waals surface area contributed by atoms with Gasteiger partial charge in [0.05, 0.1) is 42.0 Å². The molecule has 0 spiro atoms. The molecule has 178 valence electrons. The average Bonchev–Trinajstić information content (AvgIpc) is 2.85. The first kappa shape index (κ1) is 22.5. The zero-order valence-corrected chi connectivity index (χ0v) is 19.2. The van der Waals surface area contributed by atoms with E-state index in [2.05, 4.69) is 31.2 Å². The lowest BCUT2D eigenvalue weighted by molar-refractivity contribution is 0.0342. The average molecular weight is 462 g/mol. The number of aromatic nitrogens is 2. The molecular weight excluding hydrogens is 430 g/mol. The van der Waals surface area contributed by atoms with Crippen LogP contribution >= 0.6 is 0 Å². The van der Waals surface area contributed by atoms with Crippen molar-refractivity contribution < 1.29 is 9.53 Å². The summed E-state index contributed by atoms with van der Waals surface area (Å²) in [5.41, 5.74) is 16.4. The van der Waals surface area contributed by atoms with Gasteiger partial charge in [0, 0.05) is 50.3 Å². The lowest BCUT2D eigenvalue weighted by Crippen LogP contribution is -2.43. The first-order chi connectivity index (χ1) is 16.6. The molecule has 2 fully saturated rings. The zero-order chi connectivity index (χ0) is 23.5. The van der Waals surface area contributed by atoms with Crippen LogP contribution in [0, 0.1) is 0 Å². The summed E-state index contributed by atoms with van der Waals surface area (Å²) in [5, 5.41) is 3.88. The van der Waals surface area contributed by atoms with Crippen LogP contribution in [0.5, 0.6) is 0 Å². The van der Waals surface area contributed by atoms with Gasteiger partial charge in [0.2, 0.25) is 0 Å². The van der Waals surface area contributed by atoms with E-state index in [0.29, 0.717) is 11.4 Å². The van der Waals surface area contributed by atoms with E-state index in [1.165, 1.54) is 0 Å². The number of hydrogen-bond donors (Lipinski definition) is 3. The number of piperidine rings is 1. The Labute approximate surface area is 199 Å². The molecule has 2 aliphatic rings.